The Labute approximate surface area is 117 Å². The molecule has 2 aromatic rings. The first-order valence-corrected chi connectivity index (χ1v) is 6.06. The largest absolute Gasteiger partial charge is 0.478 e. The number of carboxylic acids is 1. The van der Waals surface area contributed by atoms with Gasteiger partial charge in [-0.15, -0.1) is 0 Å². The van der Waals surface area contributed by atoms with E-state index in [0.29, 0.717) is 21.5 Å². The van der Waals surface area contributed by atoms with Crippen LogP contribution in [-0.4, -0.2) is 16.1 Å². The molecule has 0 fully saturated rings. The predicted molar refractivity (Wildman–Crippen MR) is 73.3 cm³/mol. The molecule has 1 heterocycles. The third kappa shape index (κ3) is 2.89. The van der Waals surface area contributed by atoms with Crippen LogP contribution in [0.1, 0.15) is 15.9 Å². The van der Waals surface area contributed by atoms with Crippen LogP contribution in [0.15, 0.2) is 41.0 Å². The summed E-state index contributed by atoms with van der Waals surface area (Å²) in [4.78, 5) is 15.1. The third-order valence-electron chi connectivity index (χ3n) is 2.39. The maximum atomic E-state index is 11.0. The Kier molecular flexibility index (Phi) is 3.78. The average Bonchev–Trinajstić information content (AvgIpc) is 2.41. The van der Waals surface area contributed by atoms with Gasteiger partial charge >= 0.3 is 5.97 Å². The molecule has 1 aromatic heterocycles. The van der Waals surface area contributed by atoms with Gasteiger partial charge in [-0.25, -0.2) is 9.78 Å². The zero-order valence-electron chi connectivity index (χ0n) is 9.59. The van der Waals surface area contributed by atoms with E-state index in [9.17, 15) is 4.79 Å². The van der Waals surface area contributed by atoms with Gasteiger partial charge in [0.1, 0.15) is 11.9 Å². The number of halogens is 1. The van der Waals surface area contributed by atoms with Crippen molar-refractivity contribution in [1.82, 2.24) is 4.98 Å². The number of carbonyl (C=O) groups is 1. The van der Waals surface area contributed by atoms with Crippen LogP contribution >= 0.6 is 15.9 Å². The van der Waals surface area contributed by atoms with Gasteiger partial charge in [0.05, 0.1) is 11.1 Å². The zero-order valence-corrected chi connectivity index (χ0v) is 11.2. The fourth-order valence-electron chi connectivity index (χ4n) is 1.50. The van der Waals surface area contributed by atoms with Gasteiger partial charge in [-0.1, -0.05) is 0 Å². The van der Waals surface area contributed by atoms with E-state index in [1.54, 1.807) is 30.5 Å². The van der Waals surface area contributed by atoms with Crippen LogP contribution in [0.5, 0.6) is 0 Å². The van der Waals surface area contributed by atoms with E-state index in [4.69, 9.17) is 10.4 Å². The second-order valence-electron chi connectivity index (χ2n) is 3.64. The lowest BCUT2D eigenvalue weighted by atomic mass is 10.2. The molecule has 6 heteroatoms. The Morgan fingerprint density at radius 2 is 2.21 bits per heavy atom. The monoisotopic (exact) mass is 317 g/mol. The Balaban J connectivity index is 2.37. The topological polar surface area (TPSA) is 86.0 Å². The highest BCUT2D eigenvalue weighted by molar-refractivity contribution is 9.10. The van der Waals surface area contributed by atoms with Gasteiger partial charge in [-0.05, 0) is 46.3 Å². The lowest BCUT2D eigenvalue weighted by molar-refractivity contribution is 0.0696. The molecule has 0 aliphatic rings. The Morgan fingerprint density at radius 3 is 2.89 bits per heavy atom. The van der Waals surface area contributed by atoms with Crippen molar-refractivity contribution in [2.24, 2.45) is 0 Å². The highest BCUT2D eigenvalue weighted by atomic mass is 79.9. The number of hydrogen-bond donors (Lipinski definition) is 2. The van der Waals surface area contributed by atoms with Gasteiger partial charge in [0, 0.05) is 16.4 Å². The highest BCUT2D eigenvalue weighted by Crippen LogP contribution is 2.24. The van der Waals surface area contributed by atoms with Gasteiger partial charge in [-0.2, -0.15) is 5.26 Å². The molecule has 0 aliphatic heterocycles. The first kappa shape index (κ1) is 13.1. The minimum atomic E-state index is -1.03. The van der Waals surface area contributed by atoms with Crippen LogP contribution in [-0.2, 0) is 0 Å². The number of benzene rings is 1. The second-order valence-corrected chi connectivity index (χ2v) is 4.49. The molecule has 94 valence electrons. The summed E-state index contributed by atoms with van der Waals surface area (Å²) in [7, 11) is 0. The molecular weight excluding hydrogens is 310 g/mol. The number of nitrogens with one attached hydrogen (secondary N) is 1. The molecule has 0 spiro atoms. The van der Waals surface area contributed by atoms with Gasteiger partial charge in [0.25, 0.3) is 0 Å². The quantitative estimate of drug-likeness (QED) is 0.908. The molecule has 0 saturated carbocycles. The minimum absolute atomic E-state index is 0.138. The fraction of sp³-hybridized carbons (Fsp3) is 0. The second kappa shape index (κ2) is 5.50. The normalized spacial score (nSPS) is 9.68. The molecule has 0 amide bonds. The van der Waals surface area contributed by atoms with Crippen LogP contribution in [0.3, 0.4) is 0 Å². The van der Waals surface area contributed by atoms with Crippen LogP contribution in [0.2, 0.25) is 0 Å². The molecular formula is C13H8BrN3O2. The number of hydrogen-bond acceptors (Lipinski definition) is 4. The van der Waals surface area contributed by atoms with E-state index in [1.165, 1.54) is 6.07 Å². The van der Waals surface area contributed by atoms with Gasteiger partial charge < -0.3 is 10.4 Å². The average molecular weight is 318 g/mol. The number of aromatic nitrogens is 1. The number of pyridine rings is 1. The fourth-order valence-corrected chi connectivity index (χ4v) is 1.91. The molecule has 0 radical (unpaired) electrons. The van der Waals surface area contributed by atoms with Crippen molar-refractivity contribution < 1.29 is 9.90 Å². The summed E-state index contributed by atoms with van der Waals surface area (Å²) in [6, 6.07) is 10.1. The first-order chi connectivity index (χ1) is 9.11. The van der Waals surface area contributed by atoms with Crippen molar-refractivity contribution in [2.75, 3.05) is 5.32 Å². The van der Waals surface area contributed by atoms with Crippen molar-refractivity contribution in [1.29, 1.82) is 5.26 Å². The standard InChI is InChI=1S/C13H8BrN3O2/c14-11-4-3-9(6-10(11)13(18)19)17-12-8(7-15)2-1-5-16-12/h1-6H,(H,16,17)(H,18,19). The van der Waals surface area contributed by atoms with Crippen LogP contribution in [0.25, 0.3) is 0 Å². The molecule has 5 nitrogen and oxygen atoms in total. The Morgan fingerprint density at radius 1 is 1.42 bits per heavy atom. The summed E-state index contributed by atoms with van der Waals surface area (Å²) in [5.41, 5.74) is 1.08. The number of anilines is 2. The zero-order chi connectivity index (χ0) is 13.8. The van der Waals surface area contributed by atoms with Crippen molar-refractivity contribution >= 4 is 33.4 Å². The van der Waals surface area contributed by atoms with E-state index in [0.717, 1.165) is 0 Å². The smallest absolute Gasteiger partial charge is 0.336 e. The van der Waals surface area contributed by atoms with Gasteiger partial charge in [0.2, 0.25) is 0 Å². The third-order valence-corrected chi connectivity index (χ3v) is 3.08. The molecule has 2 N–H and O–H groups in total. The van der Waals surface area contributed by atoms with Crippen molar-refractivity contribution in [3.8, 4) is 6.07 Å². The van der Waals surface area contributed by atoms with Crippen molar-refractivity contribution in [3.05, 3.63) is 52.1 Å². The number of nitrogens with zero attached hydrogens (tertiary/aromatic N) is 2. The summed E-state index contributed by atoms with van der Waals surface area (Å²) in [5, 5.41) is 20.9. The van der Waals surface area contributed by atoms with Gasteiger partial charge in [0.15, 0.2) is 0 Å². The Hall–Kier alpha value is -2.39. The first-order valence-electron chi connectivity index (χ1n) is 5.27. The lowest BCUT2D eigenvalue weighted by Crippen LogP contribution is -2.01. The van der Waals surface area contributed by atoms with Crippen LogP contribution in [0.4, 0.5) is 11.5 Å². The summed E-state index contributed by atoms with van der Waals surface area (Å²) in [6.07, 6.45) is 1.56. The molecule has 0 aliphatic carbocycles. The molecule has 19 heavy (non-hydrogen) atoms. The number of nitriles is 1. The van der Waals surface area contributed by atoms with E-state index < -0.39 is 5.97 Å². The number of carboxylic acid groups (broad SMARTS) is 1. The molecule has 0 bridgehead atoms. The van der Waals surface area contributed by atoms with E-state index in [1.807, 2.05) is 6.07 Å². The summed E-state index contributed by atoms with van der Waals surface area (Å²) >= 11 is 3.17. The minimum Gasteiger partial charge on any atom is -0.478 e. The maximum Gasteiger partial charge on any atom is 0.336 e. The SMILES string of the molecule is N#Cc1cccnc1Nc1ccc(Br)c(C(=O)O)c1. The van der Waals surface area contributed by atoms with Crippen molar-refractivity contribution in [3.63, 3.8) is 0 Å². The van der Waals surface area contributed by atoms with E-state index >= 15 is 0 Å². The molecule has 0 unspecified atom stereocenters. The maximum absolute atomic E-state index is 11.0. The number of aromatic carboxylic acids is 1. The molecule has 2 rings (SSSR count). The summed E-state index contributed by atoms with van der Waals surface area (Å²) in [5.74, 6) is -0.638. The molecule has 1 aromatic carbocycles. The van der Waals surface area contributed by atoms with E-state index in [-0.39, 0.29) is 5.56 Å². The predicted octanol–water partition coefficient (Wildman–Crippen LogP) is 3.16. The van der Waals surface area contributed by atoms with Gasteiger partial charge in [-0.3, -0.25) is 0 Å². The molecule has 0 atom stereocenters. The molecule has 0 saturated heterocycles. The highest BCUT2D eigenvalue weighted by Gasteiger charge is 2.10. The lowest BCUT2D eigenvalue weighted by Gasteiger charge is -2.08. The summed E-state index contributed by atoms with van der Waals surface area (Å²) < 4.78 is 0.493. The summed E-state index contributed by atoms with van der Waals surface area (Å²) in [6.45, 7) is 0. The van der Waals surface area contributed by atoms with Crippen LogP contribution in [0, 0.1) is 11.3 Å². The van der Waals surface area contributed by atoms with Crippen molar-refractivity contribution in [2.45, 2.75) is 0 Å². The number of rotatable bonds is 3. The Bertz CT molecular complexity index is 680. The van der Waals surface area contributed by atoms with Crippen LogP contribution < -0.4 is 5.32 Å². The van der Waals surface area contributed by atoms with E-state index in [2.05, 4.69) is 26.2 Å².